The van der Waals surface area contributed by atoms with Crippen molar-refractivity contribution in [3.05, 3.63) is 271 Å². The van der Waals surface area contributed by atoms with Gasteiger partial charge in [0.15, 0.2) is 0 Å². The fourth-order valence-electron chi connectivity index (χ4n) is 9.52. The maximum absolute atomic E-state index is 2.45. The van der Waals surface area contributed by atoms with E-state index < -0.39 is 5.41 Å². The van der Waals surface area contributed by atoms with E-state index in [4.69, 9.17) is 0 Å². The summed E-state index contributed by atoms with van der Waals surface area (Å²) in [5, 5.41) is 2.48. The number of anilines is 3. The van der Waals surface area contributed by atoms with Crippen molar-refractivity contribution in [1.29, 1.82) is 0 Å². The van der Waals surface area contributed by atoms with Gasteiger partial charge in [0, 0.05) is 17.1 Å². The summed E-state index contributed by atoms with van der Waals surface area (Å²) in [6, 6.07) is 91.1. The Kier molecular flexibility index (Phi) is 8.79. The van der Waals surface area contributed by atoms with Crippen LogP contribution < -0.4 is 4.90 Å². The van der Waals surface area contributed by atoms with Crippen LogP contribution in [0.5, 0.6) is 0 Å². The van der Waals surface area contributed by atoms with Crippen molar-refractivity contribution in [3.63, 3.8) is 0 Å². The Hall–Kier alpha value is -7.74. The summed E-state index contributed by atoms with van der Waals surface area (Å²) in [4.78, 5) is 2.43. The summed E-state index contributed by atoms with van der Waals surface area (Å²) in [6.07, 6.45) is 0. The second-order valence-corrected chi connectivity index (χ2v) is 15.7. The molecule has 0 radical (unpaired) electrons. The van der Waals surface area contributed by atoms with Gasteiger partial charge in [0.2, 0.25) is 0 Å². The van der Waals surface area contributed by atoms with Gasteiger partial charge in [0.05, 0.1) is 5.41 Å². The van der Waals surface area contributed by atoms with E-state index in [1.54, 1.807) is 0 Å². The van der Waals surface area contributed by atoms with Crippen molar-refractivity contribution in [2.24, 2.45) is 0 Å². The van der Waals surface area contributed by atoms with Crippen molar-refractivity contribution < 1.29 is 0 Å². The predicted molar refractivity (Wildman–Crippen MR) is 252 cm³/mol. The zero-order valence-electron chi connectivity index (χ0n) is 33.1. The van der Waals surface area contributed by atoms with E-state index >= 15 is 0 Å². The van der Waals surface area contributed by atoms with Gasteiger partial charge in [0.1, 0.15) is 0 Å². The molecule has 0 atom stereocenters. The zero-order chi connectivity index (χ0) is 39.9. The molecule has 1 heteroatoms. The van der Waals surface area contributed by atoms with Crippen molar-refractivity contribution >= 4 is 27.8 Å². The number of hydrogen-bond acceptors (Lipinski definition) is 1. The van der Waals surface area contributed by atoms with E-state index in [1.165, 1.54) is 77.5 Å². The molecule has 10 aromatic rings. The average Bonchev–Trinajstić information content (AvgIpc) is 3.63. The monoisotopic (exact) mass is 763 g/mol. The van der Waals surface area contributed by atoms with Crippen molar-refractivity contribution in [3.8, 4) is 44.5 Å². The smallest absolute Gasteiger partial charge is 0.0714 e. The highest BCUT2D eigenvalue weighted by molar-refractivity contribution is 5.91. The van der Waals surface area contributed by atoms with E-state index in [9.17, 15) is 0 Å². The molecule has 10 aromatic carbocycles. The second-order valence-electron chi connectivity index (χ2n) is 15.7. The fourth-order valence-corrected chi connectivity index (χ4v) is 9.52. The number of rotatable bonds is 8. The quantitative estimate of drug-likeness (QED) is 0.149. The lowest BCUT2D eigenvalue weighted by atomic mass is 9.67. The van der Waals surface area contributed by atoms with Crippen LogP contribution in [0.3, 0.4) is 0 Å². The molecule has 0 bridgehead atoms. The van der Waals surface area contributed by atoms with Crippen LogP contribution in [0.15, 0.2) is 249 Å². The molecule has 1 aliphatic rings. The van der Waals surface area contributed by atoms with Gasteiger partial charge in [-0.15, -0.1) is 0 Å². The Morgan fingerprint density at radius 1 is 0.250 bits per heavy atom. The van der Waals surface area contributed by atoms with Crippen LogP contribution in [-0.2, 0) is 5.41 Å². The van der Waals surface area contributed by atoms with E-state index in [-0.39, 0.29) is 0 Å². The Labute approximate surface area is 352 Å². The van der Waals surface area contributed by atoms with E-state index in [0.29, 0.717) is 0 Å². The Morgan fingerprint density at radius 3 is 1.45 bits per heavy atom. The molecule has 0 spiro atoms. The minimum Gasteiger partial charge on any atom is -0.310 e. The summed E-state index contributed by atoms with van der Waals surface area (Å²) < 4.78 is 0. The van der Waals surface area contributed by atoms with Crippen LogP contribution >= 0.6 is 0 Å². The summed E-state index contributed by atoms with van der Waals surface area (Å²) >= 11 is 0. The van der Waals surface area contributed by atoms with Crippen molar-refractivity contribution in [1.82, 2.24) is 0 Å². The van der Waals surface area contributed by atoms with Gasteiger partial charge in [-0.1, -0.05) is 200 Å². The standard InChI is InChI=1S/C59H41N/c1-4-16-42(17-5-1)46-20-14-21-47(38-46)44-32-34-52(35-33-44)60(53-27-15-22-48(40-53)49-31-30-43-18-10-11-19-45(43)39-49)54-36-37-56-55-28-12-13-29-57(55)59(58(56)41-54,50-23-6-2-7-24-50)51-25-8-3-9-26-51/h1-41H. The second kappa shape index (κ2) is 14.9. The van der Waals surface area contributed by atoms with Gasteiger partial charge in [-0.2, -0.15) is 0 Å². The Morgan fingerprint density at radius 2 is 0.733 bits per heavy atom. The molecular weight excluding hydrogens is 723 g/mol. The number of nitrogens with zero attached hydrogens (tertiary/aromatic N) is 1. The van der Waals surface area contributed by atoms with Gasteiger partial charge in [-0.05, 0) is 126 Å². The molecule has 0 heterocycles. The van der Waals surface area contributed by atoms with Gasteiger partial charge in [-0.3, -0.25) is 0 Å². The lowest BCUT2D eigenvalue weighted by molar-refractivity contribution is 0.768. The molecule has 0 saturated carbocycles. The number of hydrogen-bond donors (Lipinski definition) is 0. The van der Waals surface area contributed by atoms with Gasteiger partial charge < -0.3 is 4.90 Å². The van der Waals surface area contributed by atoms with E-state index in [2.05, 4.69) is 254 Å². The van der Waals surface area contributed by atoms with Gasteiger partial charge in [-0.25, -0.2) is 0 Å². The first-order valence-electron chi connectivity index (χ1n) is 20.7. The molecule has 0 amide bonds. The molecule has 0 fully saturated rings. The van der Waals surface area contributed by atoms with E-state index in [1.807, 2.05) is 0 Å². The third kappa shape index (κ3) is 6.03. The van der Waals surface area contributed by atoms with Crippen molar-refractivity contribution in [2.45, 2.75) is 5.41 Å². The number of fused-ring (bicyclic) bond motifs is 4. The highest BCUT2D eigenvalue weighted by Gasteiger charge is 2.46. The highest BCUT2D eigenvalue weighted by Crippen LogP contribution is 2.57. The lowest BCUT2D eigenvalue weighted by Gasteiger charge is -2.35. The van der Waals surface area contributed by atoms with Crippen LogP contribution in [0.1, 0.15) is 22.3 Å². The largest absolute Gasteiger partial charge is 0.310 e. The molecule has 11 rings (SSSR count). The molecule has 0 aliphatic heterocycles. The Bertz CT molecular complexity index is 3090. The van der Waals surface area contributed by atoms with Crippen LogP contribution in [0.2, 0.25) is 0 Å². The van der Waals surface area contributed by atoms with Crippen LogP contribution in [0, 0.1) is 0 Å². The summed E-state index contributed by atoms with van der Waals surface area (Å²) in [6.45, 7) is 0. The third-order valence-corrected chi connectivity index (χ3v) is 12.3. The first-order chi connectivity index (χ1) is 29.7. The molecule has 0 aromatic heterocycles. The molecular formula is C59H41N. The van der Waals surface area contributed by atoms with Crippen LogP contribution in [0.4, 0.5) is 17.1 Å². The normalized spacial score (nSPS) is 12.5. The number of benzene rings is 10. The maximum Gasteiger partial charge on any atom is 0.0714 e. The van der Waals surface area contributed by atoms with Crippen LogP contribution in [0.25, 0.3) is 55.3 Å². The first-order valence-corrected chi connectivity index (χ1v) is 20.7. The zero-order valence-corrected chi connectivity index (χ0v) is 33.1. The topological polar surface area (TPSA) is 3.24 Å². The SMILES string of the molecule is c1ccc(-c2cccc(-c3ccc(N(c4cccc(-c5ccc6ccccc6c5)c4)c4ccc5c(c4)C(c4ccccc4)(c4ccccc4)c4ccccc4-5)cc3)c2)cc1. The third-order valence-electron chi connectivity index (χ3n) is 12.3. The van der Waals surface area contributed by atoms with E-state index in [0.717, 1.165) is 17.1 Å². The van der Waals surface area contributed by atoms with Gasteiger partial charge >= 0.3 is 0 Å². The highest BCUT2D eigenvalue weighted by atomic mass is 15.1. The molecule has 0 saturated heterocycles. The maximum atomic E-state index is 2.45. The predicted octanol–water partition coefficient (Wildman–Crippen LogP) is 15.7. The molecule has 1 nitrogen and oxygen atoms in total. The molecule has 282 valence electrons. The lowest BCUT2D eigenvalue weighted by Crippen LogP contribution is -2.28. The van der Waals surface area contributed by atoms with Crippen molar-refractivity contribution in [2.75, 3.05) is 4.90 Å². The summed E-state index contributed by atoms with van der Waals surface area (Å²) in [7, 11) is 0. The minimum atomic E-state index is -0.503. The fraction of sp³-hybridized carbons (Fsp3) is 0.0169. The first kappa shape index (κ1) is 35.4. The summed E-state index contributed by atoms with van der Waals surface area (Å²) in [5.74, 6) is 0. The summed E-state index contributed by atoms with van der Waals surface area (Å²) in [5.41, 5.74) is 17.6. The molecule has 0 N–H and O–H groups in total. The molecule has 60 heavy (non-hydrogen) atoms. The minimum absolute atomic E-state index is 0.503. The average molecular weight is 764 g/mol. The molecule has 0 unspecified atom stereocenters. The van der Waals surface area contributed by atoms with Crippen LogP contribution in [-0.4, -0.2) is 0 Å². The van der Waals surface area contributed by atoms with Gasteiger partial charge in [0.25, 0.3) is 0 Å². The Balaban J connectivity index is 1.10. The molecule has 1 aliphatic carbocycles.